The smallest absolute Gasteiger partial charge is 0.146 e. The van der Waals surface area contributed by atoms with Gasteiger partial charge in [-0.15, -0.1) is 0 Å². The Kier molecular flexibility index (Phi) is 16.7. The van der Waals surface area contributed by atoms with Gasteiger partial charge < -0.3 is 37.2 Å². The molecule has 0 aliphatic heterocycles. The quantitative estimate of drug-likeness (QED) is 0.119. The molecular formula is C68H88N8O4. The van der Waals surface area contributed by atoms with E-state index in [1.807, 2.05) is 96.0 Å². The van der Waals surface area contributed by atoms with Crippen LogP contribution in [0.2, 0.25) is 0 Å². The van der Waals surface area contributed by atoms with Gasteiger partial charge in [-0.2, -0.15) is 0 Å². The monoisotopic (exact) mass is 1080 g/mol. The Hall–Kier alpha value is -7.08. The zero-order chi connectivity index (χ0) is 57.3. The van der Waals surface area contributed by atoms with Crippen LogP contribution in [-0.4, -0.2) is 38.2 Å². The number of ether oxygens (including phenoxy) is 4. The fourth-order valence-electron chi connectivity index (χ4n) is 10.8. The van der Waals surface area contributed by atoms with Crippen molar-refractivity contribution in [3.8, 4) is 23.0 Å². The number of benzene rings is 4. The predicted octanol–water partition coefficient (Wildman–Crippen LogP) is 14.0. The van der Waals surface area contributed by atoms with Crippen molar-refractivity contribution in [2.24, 2.45) is 28.2 Å². The van der Waals surface area contributed by atoms with Gasteiger partial charge in [0.15, 0.2) is 0 Å². The number of fused-ring (bicyclic) bond motifs is 8. The molecule has 4 aromatic carbocycles. The molecule has 0 saturated heterocycles. The van der Waals surface area contributed by atoms with E-state index in [1.54, 1.807) is 0 Å². The van der Waals surface area contributed by atoms with E-state index in [0.29, 0.717) is 39.3 Å². The number of hydrogen-bond acceptors (Lipinski definition) is 8. The minimum atomic E-state index is -0.143. The number of nitrogens with zero attached hydrogens (tertiary/aromatic N) is 8. The average Bonchev–Trinajstić information content (AvgIpc) is 4.20. The first-order valence-electron chi connectivity index (χ1n) is 28.8. The molecular weight excluding hydrogens is 993 g/mol. The second-order valence-electron chi connectivity index (χ2n) is 26.5. The summed E-state index contributed by atoms with van der Waals surface area (Å²) in [6.07, 6.45) is 21.3. The van der Waals surface area contributed by atoms with Crippen LogP contribution in [0, 0.1) is 0 Å². The number of aromatic nitrogens is 8. The lowest BCUT2D eigenvalue weighted by atomic mass is 9.80. The normalized spacial score (nSPS) is 13.8. The molecule has 12 nitrogen and oxygen atoms in total. The minimum absolute atomic E-state index is 0.143. The Morgan fingerprint density at radius 1 is 0.325 bits per heavy atom. The molecule has 1 aliphatic carbocycles. The molecule has 0 N–H and O–H groups in total. The Bertz CT molecular complexity index is 3000. The maximum Gasteiger partial charge on any atom is 0.146 e. The van der Waals surface area contributed by atoms with Crippen molar-refractivity contribution in [2.75, 3.05) is 0 Å². The second-order valence-corrected chi connectivity index (χ2v) is 26.5. The van der Waals surface area contributed by atoms with Gasteiger partial charge in [-0.1, -0.05) is 132 Å². The van der Waals surface area contributed by atoms with E-state index in [-0.39, 0.29) is 21.7 Å². The molecule has 0 saturated carbocycles. The molecule has 4 heterocycles. The van der Waals surface area contributed by atoms with Gasteiger partial charge >= 0.3 is 0 Å². The van der Waals surface area contributed by atoms with Gasteiger partial charge in [-0.3, -0.25) is 0 Å². The lowest BCUT2D eigenvalue weighted by Gasteiger charge is -2.28. The zero-order valence-corrected chi connectivity index (χ0v) is 50.9. The summed E-state index contributed by atoms with van der Waals surface area (Å²) in [7, 11) is 8.13. The van der Waals surface area contributed by atoms with Crippen LogP contribution < -0.4 is 18.9 Å². The molecule has 4 aromatic heterocycles. The maximum absolute atomic E-state index is 7.17. The molecule has 12 heteroatoms. The fraction of sp³-hybridized carbons (Fsp3) is 0.471. The van der Waals surface area contributed by atoms with Gasteiger partial charge in [0.2, 0.25) is 0 Å². The van der Waals surface area contributed by atoms with Gasteiger partial charge in [-0.05, 0) is 127 Å². The lowest BCUT2D eigenvalue weighted by molar-refractivity contribution is 0.281. The highest BCUT2D eigenvalue weighted by atomic mass is 16.5. The molecule has 0 radical (unpaired) electrons. The molecule has 8 bridgehead atoms. The predicted molar refractivity (Wildman–Crippen MR) is 320 cm³/mol. The van der Waals surface area contributed by atoms with Crippen LogP contribution in [0.1, 0.15) is 186 Å². The maximum atomic E-state index is 7.17. The molecule has 424 valence electrons. The van der Waals surface area contributed by atoms with E-state index < -0.39 is 0 Å². The van der Waals surface area contributed by atoms with Crippen molar-refractivity contribution in [1.29, 1.82) is 0 Å². The van der Waals surface area contributed by atoms with E-state index in [2.05, 4.69) is 132 Å². The summed E-state index contributed by atoms with van der Waals surface area (Å²) in [5.41, 5.74) is 13.8. The van der Waals surface area contributed by atoms with Crippen molar-refractivity contribution in [1.82, 2.24) is 38.2 Å². The Balaban J connectivity index is 1.28. The summed E-state index contributed by atoms with van der Waals surface area (Å²) in [6.45, 7) is 29.1. The van der Waals surface area contributed by atoms with Crippen molar-refractivity contribution in [2.45, 2.75) is 183 Å². The number of imidazole rings is 4. The van der Waals surface area contributed by atoms with Gasteiger partial charge in [0.1, 0.15) is 72.7 Å². The summed E-state index contributed by atoms with van der Waals surface area (Å²) in [5, 5.41) is 0. The SMILES string of the molecule is Cn1ccnc1COc1c2cc(C(C)(C)C)cc1Cc1cc(C(C)(C)C)cc(c1OCc1nccn1C)CCCc1cc(C(C)(C)C)cc(c1OCc1nccn1C)Cc1cc(C(C)(C)C)cc(c1OCc1nccn1C)CCC2. The number of aryl methyl sites for hydroxylation is 8. The third-order valence-corrected chi connectivity index (χ3v) is 16.0. The summed E-state index contributed by atoms with van der Waals surface area (Å²) in [4.78, 5) is 18.9. The highest BCUT2D eigenvalue weighted by molar-refractivity contribution is 5.56. The molecule has 0 unspecified atom stereocenters. The van der Waals surface area contributed by atoms with Gasteiger partial charge in [0, 0.05) is 90.6 Å². The first kappa shape index (κ1) is 57.6. The second kappa shape index (κ2) is 23.2. The van der Waals surface area contributed by atoms with Crippen molar-refractivity contribution >= 4 is 0 Å². The van der Waals surface area contributed by atoms with Crippen molar-refractivity contribution in [3.63, 3.8) is 0 Å². The van der Waals surface area contributed by atoms with Crippen molar-refractivity contribution < 1.29 is 18.9 Å². The molecule has 80 heavy (non-hydrogen) atoms. The van der Waals surface area contributed by atoms with Crippen LogP contribution in [0.15, 0.2) is 98.1 Å². The zero-order valence-electron chi connectivity index (χ0n) is 50.9. The summed E-state index contributed by atoms with van der Waals surface area (Å²) in [6, 6.07) is 19.2. The van der Waals surface area contributed by atoms with Crippen LogP contribution in [0.25, 0.3) is 0 Å². The van der Waals surface area contributed by atoms with E-state index in [0.717, 1.165) is 107 Å². The summed E-state index contributed by atoms with van der Waals surface area (Å²) in [5.74, 6) is 7.11. The number of rotatable bonds is 12. The minimum Gasteiger partial charge on any atom is -0.485 e. The lowest BCUT2D eigenvalue weighted by Crippen LogP contribution is -2.17. The van der Waals surface area contributed by atoms with Crippen LogP contribution >= 0.6 is 0 Å². The average molecular weight is 1080 g/mol. The Morgan fingerprint density at radius 2 is 0.525 bits per heavy atom. The molecule has 8 aromatic rings. The van der Waals surface area contributed by atoms with Crippen LogP contribution in [0.3, 0.4) is 0 Å². The molecule has 0 amide bonds. The summed E-state index contributed by atoms with van der Waals surface area (Å²) < 4.78 is 36.9. The van der Waals surface area contributed by atoms with Crippen LogP contribution in [0.4, 0.5) is 0 Å². The third kappa shape index (κ3) is 13.4. The van der Waals surface area contributed by atoms with E-state index in [1.165, 1.54) is 44.5 Å². The highest BCUT2D eigenvalue weighted by Gasteiger charge is 2.29. The van der Waals surface area contributed by atoms with Gasteiger partial charge in [-0.25, -0.2) is 19.9 Å². The molecule has 0 atom stereocenters. The van der Waals surface area contributed by atoms with E-state index >= 15 is 0 Å². The molecule has 0 fully saturated rings. The van der Waals surface area contributed by atoms with E-state index in [4.69, 9.17) is 38.9 Å². The third-order valence-electron chi connectivity index (χ3n) is 16.0. The number of hydrogen-bond donors (Lipinski definition) is 0. The summed E-state index contributed by atoms with van der Waals surface area (Å²) >= 11 is 0. The van der Waals surface area contributed by atoms with Gasteiger partial charge in [0.25, 0.3) is 0 Å². The first-order valence-corrected chi connectivity index (χ1v) is 28.8. The Labute approximate surface area is 477 Å². The van der Waals surface area contributed by atoms with Crippen LogP contribution in [-0.2, 0) is 115 Å². The molecule has 9 rings (SSSR count). The highest BCUT2D eigenvalue weighted by Crippen LogP contribution is 2.43. The molecule has 0 spiro atoms. The first-order chi connectivity index (χ1) is 37.8. The largest absolute Gasteiger partial charge is 0.485 e. The van der Waals surface area contributed by atoms with Crippen LogP contribution in [0.5, 0.6) is 23.0 Å². The standard InChI is InChI=1S/C68H88N8O4/c1-65(2,3)53-33-45-19-17-20-46-34-55(67(7,8)9)39-51(63(46)79-43-59-71-25-29-75(59)15)32-52-40-56(68(10,11)12)36-48(64(52)80-44-60-72-26-30-76(60)16)22-18-21-47-35-54(66(4,5)6)38-50(62(47)78-42-58-70-24-28-74(58)14)31-49(37-53)61(45)77-41-57-69-23-27-73(57)13/h23-30,33-40H,17-22,31-32,41-44H2,1-16H3. The Morgan fingerprint density at radius 3 is 0.700 bits per heavy atom. The fourth-order valence-corrected chi connectivity index (χ4v) is 10.8. The van der Waals surface area contributed by atoms with E-state index in [9.17, 15) is 0 Å². The van der Waals surface area contributed by atoms with Gasteiger partial charge in [0.05, 0.1) is 0 Å². The van der Waals surface area contributed by atoms with Crippen molar-refractivity contribution in [3.05, 3.63) is 188 Å². The topological polar surface area (TPSA) is 108 Å². The molecule has 1 aliphatic rings.